The van der Waals surface area contributed by atoms with Crippen LogP contribution < -0.4 is 5.32 Å². The van der Waals surface area contributed by atoms with Gasteiger partial charge >= 0.3 is 0 Å². The van der Waals surface area contributed by atoms with Crippen LogP contribution in [0.5, 0.6) is 0 Å². The van der Waals surface area contributed by atoms with Gasteiger partial charge in [0.1, 0.15) is 0 Å². The first kappa shape index (κ1) is 7.25. The number of rotatable bonds is 0. The Morgan fingerprint density at radius 3 is 3.00 bits per heavy atom. The van der Waals surface area contributed by atoms with Gasteiger partial charge in [0.2, 0.25) is 0 Å². The monoisotopic (exact) mass is 227 g/mol. The first-order chi connectivity index (χ1) is 5.27. The first-order valence-electron chi connectivity index (χ1n) is 3.34. The molecule has 1 aromatic rings. The van der Waals surface area contributed by atoms with Gasteiger partial charge in [0.25, 0.3) is 0 Å². The van der Waals surface area contributed by atoms with Crippen LogP contribution in [0.1, 0.15) is 5.56 Å². The highest BCUT2D eigenvalue weighted by Gasteiger charge is 2.15. The zero-order valence-corrected chi connectivity index (χ0v) is 8.13. The van der Waals surface area contributed by atoms with Crippen LogP contribution in [0, 0.1) is 0 Å². The Bertz CT molecular complexity index is 322. The van der Waals surface area contributed by atoms with Crippen LogP contribution in [0.3, 0.4) is 0 Å². The van der Waals surface area contributed by atoms with E-state index in [2.05, 4.69) is 21.2 Å². The molecule has 1 N–H and O–H groups in total. The molecule has 0 spiro atoms. The summed E-state index contributed by atoms with van der Waals surface area (Å²) in [7, 11) is 0. The second kappa shape index (κ2) is 2.57. The Morgan fingerprint density at radius 1 is 1.45 bits per heavy atom. The summed E-state index contributed by atoms with van der Waals surface area (Å²) < 4.78 is 1.14. The number of anilines is 1. The average Bonchev–Trinajstić information content (AvgIpc) is 2.31. The summed E-state index contributed by atoms with van der Waals surface area (Å²) >= 11 is 8.53. The summed E-state index contributed by atoms with van der Waals surface area (Å²) in [5.41, 5.74) is 2.42. The van der Waals surface area contributed by atoms with Crippen LogP contribution >= 0.6 is 28.1 Å². The lowest BCUT2D eigenvalue weighted by atomic mass is 10.2. The largest absolute Gasteiger partial charge is 0.349 e. The van der Waals surface area contributed by atoms with E-state index >= 15 is 0 Å². The summed E-state index contributed by atoms with van der Waals surface area (Å²) in [5.74, 6) is 0. The molecule has 0 saturated carbocycles. The molecule has 0 amide bonds. The van der Waals surface area contributed by atoms with Crippen molar-refractivity contribution in [2.45, 2.75) is 6.42 Å². The zero-order valence-electron chi connectivity index (χ0n) is 5.73. The second-order valence-corrected chi connectivity index (χ2v) is 3.84. The predicted molar refractivity (Wildman–Crippen MR) is 54.1 cm³/mol. The summed E-state index contributed by atoms with van der Waals surface area (Å²) in [6, 6.07) is 6.08. The lowest BCUT2D eigenvalue weighted by Gasteiger charge is -1.98. The number of benzene rings is 1. The van der Waals surface area contributed by atoms with Crippen LogP contribution in [0.25, 0.3) is 0 Å². The molecule has 1 aliphatic heterocycles. The highest BCUT2D eigenvalue weighted by atomic mass is 79.9. The van der Waals surface area contributed by atoms with Crippen LogP contribution in [0.4, 0.5) is 5.69 Å². The molecule has 3 heteroatoms. The van der Waals surface area contributed by atoms with Crippen molar-refractivity contribution in [3.8, 4) is 0 Å². The molecule has 1 nitrogen and oxygen atoms in total. The van der Waals surface area contributed by atoms with Crippen molar-refractivity contribution in [3.63, 3.8) is 0 Å². The Kier molecular flexibility index (Phi) is 1.69. The third-order valence-electron chi connectivity index (χ3n) is 1.73. The van der Waals surface area contributed by atoms with Gasteiger partial charge in [-0.05, 0) is 17.7 Å². The standard InChI is InChI=1S/C8H6BrNS/c9-6-2-1-3-7-5(6)4-8(11)10-7/h1-3H,4H2,(H,10,11). The smallest absolute Gasteiger partial charge is 0.0842 e. The number of thiocarbonyl (C=S) groups is 1. The lowest BCUT2D eigenvalue weighted by Crippen LogP contribution is -2.00. The van der Waals surface area contributed by atoms with E-state index in [0.29, 0.717) is 0 Å². The van der Waals surface area contributed by atoms with Crippen molar-refractivity contribution in [2.24, 2.45) is 0 Å². The highest BCUT2D eigenvalue weighted by molar-refractivity contribution is 9.10. The van der Waals surface area contributed by atoms with Crippen LogP contribution in [-0.4, -0.2) is 4.99 Å². The summed E-state index contributed by atoms with van der Waals surface area (Å²) in [4.78, 5) is 0.909. The van der Waals surface area contributed by atoms with Gasteiger partial charge in [0, 0.05) is 16.6 Å². The molecule has 0 bridgehead atoms. The number of halogens is 1. The summed E-state index contributed by atoms with van der Waals surface area (Å²) in [6.45, 7) is 0. The fraction of sp³-hybridized carbons (Fsp3) is 0.125. The van der Waals surface area contributed by atoms with Gasteiger partial charge in [-0.1, -0.05) is 34.2 Å². The average molecular weight is 228 g/mol. The van der Waals surface area contributed by atoms with E-state index in [1.54, 1.807) is 0 Å². The van der Waals surface area contributed by atoms with Crippen molar-refractivity contribution in [2.75, 3.05) is 5.32 Å². The van der Waals surface area contributed by atoms with E-state index in [-0.39, 0.29) is 0 Å². The third-order valence-corrected chi connectivity index (χ3v) is 2.72. The van der Waals surface area contributed by atoms with Gasteiger partial charge in [0.05, 0.1) is 4.99 Å². The van der Waals surface area contributed by atoms with Gasteiger partial charge in [-0.3, -0.25) is 0 Å². The number of hydrogen-bond donors (Lipinski definition) is 1. The Hall–Kier alpha value is -0.410. The predicted octanol–water partition coefficient (Wildman–Crippen LogP) is 2.74. The molecule has 2 rings (SSSR count). The van der Waals surface area contributed by atoms with E-state index in [9.17, 15) is 0 Å². The SMILES string of the molecule is S=C1Cc2c(Br)cccc2N1. The molecule has 56 valence electrons. The van der Waals surface area contributed by atoms with Crippen molar-refractivity contribution in [3.05, 3.63) is 28.2 Å². The molecule has 0 unspecified atom stereocenters. The maximum Gasteiger partial charge on any atom is 0.0842 e. The number of hydrogen-bond acceptors (Lipinski definition) is 1. The lowest BCUT2D eigenvalue weighted by molar-refractivity contribution is 1.39. The molecule has 1 aliphatic rings. The van der Waals surface area contributed by atoms with Crippen molar-refractivity contribution in [1.82, 2.24) is 0 Å². The maximum absolute atomic E-state index is 5.05. The highest BCUT2D eigenvalue weighted by Crippen LogP contribution is 2.29. The Morgan fingerprint density at radius 2 is 2.27 bits per heavy atom. The van der Waals surface area contributed by atoms with Gasteiger partial charge in [-0.2, -0.15) is 0 Å². The molecule has 0 saturated heterocycles. The molecule has 1 heterocycles. The summed E-state index contributed by atoms with van der Waals surface area (Å²) in [5, 5.41) is 3.14. The molecule has 11 heavy (non-hydrogen) atoms. The molecule has 0 radical (unpaired) electrons. The minimum absolute atomic E-state index is 0.867. The van der Waals surface area contributed by atoms with Crippen LogP contribution in [-0.2, 0) is 6.42 Å². The molecule has 1 aromatic carbocycles. The Balaban J connectivity index is 2.57. The maximum atomic E-state index is 5.05. The molecular formula is C8H6BrNS. The van der Waals surface area contributed by atoms with Gasteiger partial charge < -0.3 is 5.32 Å². The summed E-state index contributed by atoms with van der Waals surface area (Å²) in [6.07, 6.45) is 0.867. The molecule has 0 aliphatic carbocycles. The van der Waals surface area contributed by atoms with Crippen LogP contribution in [0.2, 0.25) is 0 Å². The molecule has 0 aromatic heterocycles. The second-order valence-electron chi connectivity index (χ2n) is 2.49. The third kappa shape index (κ3) is 1.19. The molecule has 0 atom stereocenters. The zero-order chi connectivity index (χ0) is 7.84. The van der Waals surface area contributed by atoms with E-state index in [0.717, 1.165) is 21.6 Å². The first-order valence-corrected chi connectivity index (χ1v) is 4.55. The fourth-order valence-electron chi connectivity index (χ4n) is 1.21. The van der Waals surface area contributed by atoms with E-state index in [1.807, 2.05) is 18.2 Å². The van der Waals surface area contributed by atoms with Crippen molar-refractivity contribution >= 4 is 38.8 Å². The minimum atomic E-state index is 0.867. The fourth-order valence-corrected chi connectivity index (χ4v) is 1.97. The van der Waals surface area contributed by atoms with Gasteiger partial charge in [-0.25, -0.2) is 0 Å². The van der Waals surface area contributed by atoms with Crippen molar-refractivity contribution in [1.29, 1.82) is 0 Å². The van der Waals surface area contributed by atoms with Crippen molar-refractivity contribution < 1.29 is 0 Å². The normalized spacial score (nSPS) is 14.5. The van der Waals surface area contributed by atoms with Gasteiger partial charge in [-0.15, -0.1) is 0 Å². The number of fused-ring (bicyclic) bond motifs is 1. The van der Waals surface area contributed by atoms with Gasteiger partial charge in [0.15, 0.2) is 0 Å². The molecular weight excluding hydrogens is 222 g/mol. The molecule has 0 fully saturated rings. The van der Waals surface area contributed by atoms with E-state index in [1.165, 1.54) is 5.56 Å². The quantitative estimate of drug-likeness (QED) is 0.685. The van der Waals surface area contributed by atoms with E-state index in [4.69, 9.17) is 12.2 Å². The Labute approximate surface area is 78.9 Å². The van der Waals surface area contributed by atoms with Crippen LogP contribution in [0.15, 0.2) is 22.7 Å². The number of nitrogens with one attached hydrogen (secondary N) is 1. The minimum Gasteiger partial charge on any atom is -0.349 e. The van der Waals surface area contributed by atoms with E-state index < -0.39 is 0 Å². The topological polar surface area (TPSA) is 12.0 Å².